The van der Waals surface area contributed by atoms with Gasteiger partial charge in [0, 0.05) is 6.42 Å². The van der Waals surface area contributed by atoms with Crippen LogP contribution in [0.4, 0.5) is 0 Å². The highest BCUT2D eigenvalue weighted by molar-refractivity contribution is 6.82. The molecule has 4 N–H and O–H groups in total. The highest BCUT2D eigenvalue weighted by Gasteiger charge is 2.19. The number of hydrogen-bond donors (Lipinski definition) is 2. The van der Waals surface area contributed by atoms with Crippen LogP contribution in [0, 0.1) is 0 Å². The number of hydrogen-bond acceptors (Lipinski definition) is 10. The first-order chi connectivity index (χ1) is 22.3. The van der Waals surface area contributed by atoms with Crippen molar-refractivity contribution in [3.63, 3.8) is 0 Å². The lowest BCUT2D eigenvalue weighted by molar-refractivity contribution is -0.144. The van der Waals surface area contributed by atoms with Gasteiger partial charge in [-0.25, -0.2) is 9.59 Å². The van der Waals surface area contributed by atoms with Crippen LogP contribution in [0.15, 0.2) is 10.2 Å². The second-order valence-electron chi connectivity index (χ2n) is 12.0. The van der Waals surface area contributed by atoms with Crippen molar-refractivity contribution in [2.45, 2.75) is 180 Å². The maximum atomic E-state index is 12.1. The Labute approximate surface area is 288 Å². The molecule has 0 aliphatic rings. The number of hydrazone groups is 2. The van der Waals surface area contributed by atoms with Crippen LogP contribution < -0.4 is 11.7 Å². The Morgan fingerprint density at radius 2 is 0.891 bits per heavy atom. The van der Waals surface area contributed by atoms with E-state index < -0.39 is 11.9 Å². The molecule has 0 heterocycles. The Hall–Kier alpha value is -2.07. The molecule has 12 heteroatoms. The summed E-state index contributed by atoms with van der Waals surface area (Å²) in [7, 11) is 0. The molecule has 2 atom stereocenters. The summed E-state index contributed by atoms with van der Waals surface area (Å²) in [5, 5.41) is 5.78. The third kappa shape index (κ3) is 26.0. The van der Waals surface area contributed by atoms with Gasteiger partial charge in [-0.2, -0.15) is 10.2 Å². The van der Waals surface area contributed by atoms with Gasteiger partial charge in [-0.1, -0.05) is 121 Å². The summed E-state index contributed by atoms with van der Waals surface area (Å²) in [6.07, 6.45) is 23.1. The summed E-state index contributed by atoms with van der Waals surface area (Å²) in [6.45, 7) is 4.80. The van der Waals surface area contributed by atoms with Crippen LogP contribution in [0.1, 0.15) is 168 Å². The minimum atomic E-state index is -0.664. The monoisotopic (exact) mass is 692 g/mol. The number of ether oxygens (including phenoxy) is 3. The summed E-state index contributed by atoms with van der Waals surface area (Å²) < 4.78 is 16.4. The number of halogens is 2. The van der Waals surface area contributed by atoms with E-state index >= 15 is 0 Å². The molecule has 0 amide bonds. The molecule has 0 saturated heterocycles. The molecule has 0 rings (SSSR count). The lowest BCUT2D eigenvalue weighted by Crippen LogP contribution is -2.22. The molecule has 0 aromatic heterocycles. The number of carbonyl (C=O) groups is 3. The first-order valence-corrected chi connectivity index (χ1v) is 18.5. The fourth-order valence-corrected chi connectivity index (χ4v) is 5.33. The maximum Gasteiger partial charge on any atom is 0.370 e. The van der Waals surface area contributed by atoms with Crippen molar-refractivity contribution in [3.8, 4) is 0 Å². The van der Waals surface area contributed by atoms with Crippen molar-refractivity contribution in [3.05, 3.63) is 0 Å². The minimum absolute atomic E-state index is 0.128. The Bertz CT molecular complexity index is 859. The molecule has 0 radical (unpaired) electrons. The van der Waals surface area contributed by atoms with Gasteiger partial charge in [-0.05, 0) is 64.2 Å². The van der Waals surface area contributed by atoms with Crippen LogP contribution in [0.2, 0.25) is 0 Å². The Morgan fingerprint density at radius 3 is 1.28 bits per heavy atom. The van der Waals surface area contributed by atoms with Crippen molar-refractivity contribution in [1.82, 2.24) is 0 Å². The molecular weight excluding hydrogens is 631 g/mol. The van der Waals surface area contributed by atoms with Gasteiger partial charge in [0.1, 0.15) is 12.2 Å². The fourth-order valence-electron chi connectivity index (χ4n) is 5.24. The molecule has 10 nitrogen and oxygen atoms in total. The van der Waals surface area contributed by atoms with Crippen LogP contribution in [0.5, 0.6) is 0 Å². The van der Waals surface area contributed by atoms with E-state index in [0.29, 0.717) is 13.0 Å². The van der Waals surface area contributed by atoms with E-state index in [1.165, 1.54) is 12.8 Å². The van der Waals surface area contributed by atoms with E-state index in [1.54, 1.807) is 0 Å². The van der Waals surface area contributed by atoms with E-state index in [4.69, 9.17) is 49.1 Å². The quantitative estimate of drug-likeness (QED) is 0.0182. The summed E-state index contributed by atoms with van der Waals surface area (Å²) in [4.78, 5) is 36.0. The number of nitrogens with two attached hydrogens (primary N) is 2. The lowest BCUT2D eigenvalue weighted by atomic mass is 10.0. The third-order valence-electron chi connectivity index (χ3n) is 7.96. The van der Waals surface area contributed by atoms with Gasteiger partial charge in [0.2, 0.25) is 10.3 Å². The average molecular weight is 694 g/mol. The molecule has 0 aliphatic heterocycles. The predicted octanol–water partition coefficient (Wildman–Crippen LogP) is 8.78. The van der Waals surface area contributed by atoms with Crippen molar-refractivity contribution in [1.29, 1.82) is 0 Å². The molecular formula is C34H62Cl2N4O6. The van der Waals surface area contributed by atoms with Crippen LogP contribution in [-0.4, -0.2) is 47.1 Å². The summed E-state index contributed by atoms with van der Waals surface area (Å²) >= 11 is 11.4. The zero-order valence-electron chi connectivity index (χ0n) is 28.6. The molecule has 0 saturated carbocycles. The molecule has 0 aromatic carbocycles. The Morgan fingerprint density at radius 1 is 0.543 bits per heavy atom. The molecule has 0 aromatic rings. The number of nitrogens with zero attached hydrogens (tertiary/aromatic N) is 2. The zero-order valence-corrected chi connectivity index (χ0v) is 30.1. The SMILES string of the molecule is CCCCCCC(CCCCCCCCOC(=O)CCCCCCCC(CCCCCC)OC(=O)C(Cl)=NN)OC(=O)C(Cl)=NN. The molecule has 2 unspecified atom stereocenters. The van der Waals surface area contributed by atoms with Gasteiger partial charge in [-0.3, -0.25) is 4.79 Å². The van der Waals surface area contributed by atoms with Crippen molar-refractivity contribution < 1.29 is 28.6 Å². The standard InChI is InChI=1S/C34H62Cl2N4O6/c1-3-5-7-16-22-28(45-33(42)31(35)39-37)24-18-12-9-10-15-21-27-44-30(41)26-20-14-11-13-19-25-29(23-17-8-6-4-2)46-34(43)32(36)40-38/h28-29H,3-27,37-38H2,1-2H3. The minimum Gasteiger partial charge on any atom is -0.466 e. The van der Waals surface area contributed by atoms with Gasteiger partial charge in [0.25, 0.3) is 0 Å². The van der Waals surface area contributed by atoms with E-state index in [0.717, 1.165) is 135 Å². The summed E-state index contributed by atoms with van der Waals surface area (Å²) in [6, 6.07) is 0. The molecule has 0 spiro atoms. The Kier molecular flexibility index (Phi) is 30.1. The first-order valence-electron chi connectivity index (χ1n) is 17.7. The smallest absolute Gasteiger partial charge is 0.370 e. The number of rotatable bonds is 31. The molecule has 268 valence electrons. The highest BCUT2D eigenvalue weighted by Crippen LogP contribution is 2.18. The van der Waals surface area contributed by atoms with E-state index in [1.807, 2.05) is 0 Å². The van der Waals surface area contributed by atoms with Gasteiger partial charge in [-0.15, -0.1) is 0 Å². The first kappa shape index (κ1) is 43.9. The third-order valence-corrected chi connectivity index (χ3v) is 8.46. The topological polar surface area (TPSA) is 156 Å². The number of esters is 3. The second-order valence-corrected chi connectivity index (χ2v) is 12.7. The largest absolute Gasteiger partial charge is 0.466 e. The van der Waals surface area contributed by atoms with Gasteiger partial charge >= 0.3 is 17.9 Å². The predicted molar refractivity (Wildman–Crippen MR) is 188 cm³/mol. The van der Waals surface area contributed by atoms with Crippen molar-refractivity contribution >= 4 is 51.5 Å². The second kappa shape index (κ2) is 31.5. The van der Waals surface area contributed by atoms with Crippen molar-refractivity contribution in [2.24, 2.45) is 21.9 Å². The fraction of sp³-hybridized carbons (Fsp3) is 0.853. The highest BCUT2D eigenvalue weighted by atomic mass is 35.5. The molecule has 0 bridgehead atoms. The van der Waals surface area contributed by atoms with Crippen molar-refractivity contribution in [2.75, 3.05) is 6.61 Å². The maximum absolute atomic E-state index is 12.1. The van der Waals surface area contributed by atoms with Crippen LogP contribution >= 0.6 is 23.2 Å². The number of unbranched alkanes of at least 4 members (excludes halogenated alkanes) is 15. The summed E-state index contributed by atoms with van der Waals surface area (Å²) in [5.41, 5.74) is 0. The van der Waals surface area contributed by atoms with Crippen LogP contribution in [0.25, 0.3) is 0 Å². The number of carbonyl (C=O) groups excluding carboxylic acids is 3. The van der Waals surface area contributed by atoms with Crippen LogP contribution in [-0.2, 0) is 28.6 Å². The van der Waals surface area contributed by atoms with E-state index in [9.17, 15) is 14.4 Å². The average Bonchev–Trinajstić information content (AvgIpc) is 3.05. The lowest BCUT2D eigenvalue weighted by Gasteiger charge is -2.17. The molecule has 0 aliphatic carbocycles. The Balaban J connectivity index is 3.94. The van der Waals surface area contributed by atoms with E-state index in [2.05, 4.69) is 24.1 Å². The van der Waals surface area contributed by atoms with Gasteiger partial charge < -0.3 is 25.9 Å². The zero-order chi connectivity index (χ0) is 34.3. The normalized spacial score (nSPS) is 13.3. The van der Waals surface area contributed by atoms with Gasteiger partial charge in [0.05, 0.1) is 6.61 Å². The van der Waals surface area contributed by atoms with Gasteiger partial charge in [0.15, 0.2) is 0 Å². The van der Waals surface area contributed by atoms with Crippen LogP contribution in [0.3, 0.4) is 0 Å². The summed E-state index contributed by atoms with van der Waals surface area (Å²) in [5.74, 6) is 8.73. The molecule has 0 fully saturated rings. The van der Waals surface area contributed by atoms with E-state index in [-0.39, 0.29) is 28.5 Å². The molecule has 46 heavy (non-hydrogen) atoms.